The number of nitrogens with zero attached hydrogens (tertiary/aromatic N) is 6. The first-order chi connectivity index (χ1) is 17.1. The number of aryl methyl sites for hydroxylation is 1. The quantitative estimate of drug-likeness (QED) is 0.404. The normalized spacial score (nSPS) is 12.3. The number of amides is 1. The molecule has 4 heterocycles. The average Bonchev–Trinajstić information content (AvgIpc) is 3.61. The van der Waals surface area contributed by atoms with Crippen LogP contribution in [0, 0.1) is 0 Å². The van der Waals surface area contributed by atoms with Crippen molar-refractivity contribution < 1.29 is 9.21 Å². The number of carbonyl (C=O) groups is 1. The number of aromatic nitrogens is 6. The fraction of sp³-hybridized carbons (Fsp3) is 0.115. The van der Waals surface area contributed by atoms with Crippen LogP contribution in [0.3, 0.4) is 0 Å². The summed E-state index contributed by atoms with van der Waals surface area (Å²) in [6.07, 6.45) is 8.61. The molecule has 2 aromatic carbocycles. The average molecular weight is 464 g/mol. The van der Waals surface area contributed by atoms with E-state index in [-0.39, 0.29) is 12.3 Å². The number of nitrogens with one attached hydrogen (secondary N) is 1. The van der Waals surface area contributed by atoms with Gasteiger partial charge < -0.3 is 9.73 Å². The second-order valence-electron chi connectivity index (χ2n) is 8.33. The van der Waals surface area contributed by atoms with E-state index in [2.05, 4.69) is 25.5 Å². The monoisotopic (exact) mass is 463 g/mol. The van der Waals surface area contributed by atoms with E-state index >= 15 is 0 Å². The molecule has 0 saturated carbocycles. The topological polar surface area (TPSA) is 104 Å². The van der Waals surface area contributed by atoms with E-state index in [1.807, 2.05) is 72.5 Å². The number of benzene rings is 2. The Balaban J connectivity index is 1.24. The Kier molecular flexibility index (Phi) is 5.07. The van der Waals surface area contributed by atoms with Gasteiger partial charge >= 0.3 is 0 Å². The Bertz CT molecular complexity index is 1630. The van der Waals surface area contributed by atoms with Crippen LogP contribution in [0.15, 0.2) is 90.2 Å². The molecule has 6 aromatic rings. The van der Waals surface area contributed by atoms with Gasteiger partial charge in [0.2, 0.25) is 5.91 Å². The molecule has 6 rings (SSSR count). The Morgan fingerprint density at radius 1 is 1.06 bits per heavy atom. The van der Waals surface area contributed by atoms with Crippen molar-refractivity contribution in [1.29, 1.82) is 0 Å². The lowest BCUT2D eigenvalue weighted by molar-refractivity contribution is -0.121. The van der Waals surface area contributed by atoms with Crippen molar-refractivity contribution in [1.82, 2.24) is 34.8 Å². The van der Waals surface area contributed by atoms with E-state index < -0.39 is 6.04 Å². The lowest BCUT2D eigenvalue weighted by Crippen LogP contribution is -2.30. The van der Waals surface area contributed by atoms with Gasteiger partial charge in [0.25, 0.3) is 0 Å². The fourth-order valence-electron chi connectivity index (χ4n) is 4.25. The molecule has 0 bridgehead atoms. The minimum absolute atomic E-state index is 0.125. The first-order valence-corrected chi connectivity index (χ1v) is 11.1. The summed E-state index contributed by atoms with van der Waals surface area (Å²) in [5.74, 6) is 0.399. The molecule has 1 atom stereocenters. The lowest BCUT2D eigenvalue weighted by Gasteiger charge is -2.16. The first-order valence-electron chi connectivity index (χ1n) is 11.1. The van der Waals surface area contributed by atoms with Gasteiger partial charge in [0.1, 0.15) is 6.04 Å². The number of rotatable bonds is 6. The second-order valence-corrected chi connectivity index (χ2v) is 8.33. The molecule has 1 N–H and O–H groups in total. The number of oxazole rings is 1. The van der Waals surface area contributed by atoms with Gasteiger partial charge in [0.05, 0.1) is 47.4 Å². The van der Waals surface area contributed by atoms with Crippen molar-refractivity contribution in [3.8, 4) is 5.69 Å². The van der Waals surface area contributed by atoms with Gasteiger partial charge in [0, 0.05) is 24.0 Å². The van der Waals surface area contributed by atoms with E-state index in [1.165, 1.54) is 6.39 Å². The van der Waals surface area contributed by atoms with Gasteiger partial charge in [-0.05, 0) is 29.8 Å². The summed E-state index contributed by atoms with van der Waals surface area (Å²) < 4.78 is 9.11. The van der Waals surface area contributed by atoms with Gasteiger partial charge in [0.15, 0.2) is 12.2 Å². The number of pyridine rings is 1. The van der Waals surface area contributed by atoms with Crippen molar-refractivity contribution in [2.75, 3.05) is 0 Å². The zero-order valence-corrected chi connectivity index (χ0v) is 18.9. The highest BCUT2D eigenvalue weighted by Gasteiger charge is 2.20. The predicted molar refractivity (Wildman–Crippen MR) is 130 cm³/mol. The van der Waals surface area contributed by atoms with Gasteiger partial charge in [-0.15, -0.1) is 0 Å². The minimum atomic E-state index is -0.430. The highest BCUT2D eigenvalue weighted by Crippen LogP contribution is 2.23. The number of carbonyl (C=O) groups excluding carboxylic acids is 1. The van der Waals surface area contributed by atoms with E-state index in [4.69, 9.17) is 4.42 Å². The number of fused-ring (bicyclic) bond motifs is 2. The Labute approximate surface area is 200 Å². The third-order valence-electron chi connectivity index (χ3n) is 5.87. The molecule has 1 amide bonds. The molecule has 172 valence electrons. The highest BCUT2D eigenvalue weighted by molar-refractivity contribution is 5.85. The summed E-state index contributed by atoms with van der Waals surface area (Å²) in [5, 5.41) is 14.0. The smallest absolute Gasteiger partial charge is 0.226 e. The molecular formula is C26H21N7O2. The molecule has 35 heavy (non-hydrogen) atoms. The second kappa shape index (κ2) is 8.53. The van der Waals surface area contributed by atoms with E-state index in [1.54, 1.807) is 23.3 Å². The van der Waals surface area contributed by atoms with E-state index in [0.29, 0.717) is 11.5 Å². The summed E-state index contributed by atoms with van der Waals surface area (Å²) in [6, 6.07) is 17.1. The van der Waals surface area contributed by atoms with E-state index in [9.17, 15) is 4.79 Å². The molecule has 0 fully saturated rings. The summed E-state index contributed by atoms with van der Waals surface area (Å²) >= 11 is 0. The minimum Gasteiger partial charge on any atom is -0.446 e. The van der Waals surface area contributed by atoms with Crippen LogP contribution in [0.1, 0.15) is 23.1 Å². The molecule has 0 spiro atoms. The molecule has 0 saturated heterocycles. The Morgan fingerprint density at radius 3 is 2.77 bits per heavy atom. The molecule has 0 aliphatic carbocycles. The SMILES string of the molecule is Cn1cc2cc(-n3ncc4cc(CC(=O)NC(c5ccccc5)c5cnco5)ncc43)ccc2n1. The largest absolute Gasteiger partial charge is 0.446 e. The molecular weight excluding hydrogens is 442 g/mol. The van der Waals surface area contributed by atoms with Crippen LogP contribution >= 0.6 is 0 Å². The van der Waals surface area contributed by atoms with Gasteiger partial charge in [-0.25, -0.2) is 9.67 Å². The van der Waals surface area contributed by atoms with Crippen LogP contribution in [0.5, 0.6) is 0 Å². The standard InChI is InChI=1S/C26H21N7O2/c1-32-15-19-10-21(7-8-22(19)31-32)33-23-13-28-20(9-18(23)12-29-33)11-25(34)30-26(24-14-27-16-35-24)17-5-3-2-4-6-17/h2-10,12-16,26H,11H2,1H3,(H,30,34). The molecule has 0 radical (unpaired) electrons. The third-order valence-corrected chi connectivity index (χ3v) is 5.87. The maximum Gasteiger partial charge on any atom is 0.226 e. The number of hydrogen-bond acceptors (Lipinski definition) is 6. The Hall–Kier alpha value is -4.79. The summed E-state index contributed by atoms with van der Waals surface area (Å²) in [4.78, 5) is 21.5. The maximum atomic E-state index is 12.9. The lowest BCUT2D eigenvalue weighted by atomic mass is 10.0. The molecule has 0 aliphatic heterocycles. The van der Waals surface area contributed by atoms with Crippen LogP contribution in [0.4, 0.5) is 0 Å². The zero-order chi connectivity index (χ0) is 23.8. The van der Waals surface area contributed by atoms with Gasteiger partial charge in [-0.1, -0.05) is 30.3 Å². The molecule has 9 heteroatoms. The zero-order valence-electron chi connectivity index (χ0n) is 18.9. The van der Waals surface area contributed by atoms with Crippen LogP contribution in [-0.4, -0.2) is 35.4 Å². The highest BCUT2D eigenvalue weighted by atomic mass is 16.3. The van der Waals surface area contributed by atoms with Crippen LogP contribution in [0.2, 0.25) is 0 Å². The summed E-state index contributed by atoms with van der Waals surface area (Å²) in [6.45, 7) is 0. The molecule has 4 aromatic heterocycles. The van der Waals surface area contributed by atoms with Crippen molar-refractivity contribution in [3.63, 3.8) is 0 Å². The summed E-state index contributed by atoms with van der Waals surface area (Å²) in [7, 11) is 1.90. The molecule has 1 unspecified atom stereocenters. The predicted octanol–water partition coefficient (Wildman–Crippen LogP) is 3.74. The maximum absolute atomic E-state index is 12.9. The van der Waals surface area contributed by atoms with Gasteiger partial charge in [-0.3, -0.25) is 14.5 Å². The first kappa shape index (κ1) is 20.8. The third kappa shape index (κ3) is 4.04. The van der Waals surface area contributed by atoms with Crippen molar-refractivity contribution in [3.05, 3.63) is 103 Å². The molecule has 0 aliphatic rings. The fourth-order valence-corrected chi connectivity index (χ4v) is 4.25. The van der Waals surface area contributed by atoms with E-state index in [0.717, 1.165) is 33.1 Å². The Morgan fingerprint density at radius 2 is 1.94 bits per heavy atom. The van der Waals surface area contributed by atoms with Crippen molar-refractivity contribution in [2.45, 2.75) is 12.5 Å². The van der Waals surface area contributed by atoms with Crippen LogP contribution in [-0.2, 0) is 18.3 Å². The summed E-state index contributed by atoms with van der Waals surface area (Å²) in [5.41, 5.74) is 4.28. The van der Waals surface area contributed by atoms with Crippen LogP contribution < -0.4 is 5.32 Å². The van der Waals surface area contributed by atoms with Crippen molar-refractivity contribution in [2.24, 2.45) is 7.05 Å². The number of hydrogen-bond donors (Lipinski definition) is 1. The molecule has 9 nitrogen and oxygen atoms in total. The van der Waals surface area contributed by atoms with Crippen molar-refractivity contribution >= 4 is 27.7 Å². The van der Waals surface area contributed by atoms with Crippen LogP contribution in [0.25, 0.3) is 27.5 Å². The van der Waals surface area contributed by atoms with Gasteiger partial charge in [-0.2, -0.15) is 10.2 Å².